The first-order valence-electron chi connectivity index (χ1n) is 5.54. The number of halogens is 2. The highest BCUT2D eigenvalue weighted by Crippen LogP contribution is 2.32. The van der Waals surface area contributed by atoms with Crippen molar-refractivity contribution < 1.29 is 0 Å². The van der Waals surface area contributed by atoms with Crippen molar-refractivity contribution in [2.24, 2.45) is 0 Å². The fraction of sp³-hybridized carbons (Fsp3) is 0.200. The van der Waals surface area contributed by atoms with Gasteiger partial charge in [-0.2, -0.15) is 0 Å². The van der Waals surface area contributed by atoms with Crippen LogP contribution in [0.25, 0.3) is 0 Å². The summed E-state index contributed by atoms with van der Waals surface area (Å²) in [6.45, 7) is 4.19. The molecule has 17 heavy (non-hydrogen) atoms. The summed E-state index contributed by atoms with van der Waals surface area (Å²) in [5.74, 6) is 0. The minimum atomic E-state index is -0.0904. The van der Waals surface area contributed by atoms with Crippen LogP contribution in [-0.4, -0.2) is 0 Å². The molecule has 0 fully saturated rings. The Kier molecular flexibility index (Phi) is 3.90. The van der Waals surface area contributed by atoms with Gasteiger partial charge < -0.3 is 0 Å². The second kappa shape index (κ2) is 5.24. The first-order chi connectivity index (χ1) is 8.08. The number of benzene rings is 2. The Hall–Kier alpha value is -0.790. The van der Waals surface area contributed by atoms with Gasteiger partial charge in [-0.05, 0) is 42.7 Å². The molecular weight excluding hydrogens is 296 g/mol. The van der Waals surface area contributed by atoms with E-state index in [4.69, 9.17) is 11.6 Å². The van der Waals surface area contributed by atoms with E-state index in [9.17, 15) is 0 Å². The number of hydrogen-bond acceptors (Lipinski definition) is 0. The van der Waals surface area contributed by atoms with E-state index in [1.165, 1.54) is 16.7 Å². The average molecular weight is 310 g/mol. The van der Waals surface area contributed by atoms with Crippen LogP contribution in [0.15, 0.2) is 46.9 Å². The lowest BCUT2D eigenvalue weighted by molar-refractivity contribution is 1.10. The zero-order valence-corrected chi connectivity index (χ0v) is 12.2. The molecule has 2 rings (SSSR count). The van der Waals surface area contributed by atoms with E-state index in [0.29, 0.717) is 0 Å². The van der Waals surface area contributed by atoms with Gasteiger partial charge >= 0.3 is 0 Å². The van der Waals surface area contributed by atoms with Gasteiger partial charge in [0.15, 0.2) is 0 Å². The lowest BCUT2D eigenvalue weighted by Crippen LogP contribution is -1.97. The first kappa shape index (κ1) is 12.7. The summed E-state index contributed by atoms with van der Waals surface area (Å²) in [5.41, 5.74) is 4.78. The Balaban J connectivity index is 2.43. The van der Waals surface area contributed by atoms with Crippen LogP contribution in [-0.2, 0) is 0 Å². The normalized spacial score (nSPS) is 12.5. The quantitative estimate of drug-likeness (QED) is 0.652. The fourth-order valence-corrected chi connectivity index (χ4v) is 2.66. The van der Waals surface area contributed by atoms with Gasteiger partial charge in [-0.25, -0.2) is 0 Å². The second-order valence-corrected chi connectivity index (χ2v) is 5.63. The first-order valence-corrected chi connectivity index (χ1v) is 6.77. The topological polar surface area (TPSA) is 0 Å². The molecule has 0 heterocycles. The molecule has 0 saturated carbocycles. The lowest BCUT2D eigenvalue weighted by Gasteiger charge is -2.14. The van der Waals surface area contributed by atoms with Gasteiger partial charge in [0.25, 0.3) is 0 Å². The van der Waals surface area contributed by atoms with Gasteiger partial charge in [-0.15, -0.1) is 11.6 Å². The third-order valence-electron chi connectivity index (χ3n) is 2.85. The Bertz CT molecular complexity index is 534. The van der Waals surface area contributed by atoms with Crippen molar-refractivity contribution in [1.29, 1.82) is 0 Å². The highest BCUT2D eigenvalue weighted by Gasteiger charge is 2.13. The third kappa shape index (κ3) is 2.91. The largest absolute Gasteiger partial charge is 0.113 e. The molecule has 2 aromatic carbocycles. The molecule has 0 bridgehead atoms. The number of alkyl halides is 1. The number of hydrogen-bond donors (Lipinski definition) is 0. The highest BCUT2D eigenvalue weighted by atomic mass is 79.9. The number of rotatable bonds is 2. The Morgan fingerprint density at radius 2 is 1.82 bits per heavy atom. The molecule has 0 nitrogen and oxygen atoms in total. The van der Waals surface area contributed by atoms with Crippen LogP contribution in [0.5, 0.6) is 0 Å². The summed E-state index contributed by atoms with van der Waals surface area (Å²) < 4.78 is 1.06. The van der Waals surface area contributed by atoms with Crippen molar-refractivity contribution in [3.8, 4) is 0 Å². The van der Waals surface area contributed by atoms with E-state index in [0.717, 1.165) is 10.0 Å². The van der Waals surface area contributed by atoms with E-state index in [2.05, 4.69) is 60.1 Å². The molecule has 0 saturated heterocycles. The van der Waals surface area contributed by atoms with E-state index < -0.39 is 0 Å². The molecule has 2 heteroatoms. The van der Waals surface area contributed by atoms with Crippen LogP contribution in [0.2, 0.25) is 0 Å². The molecule has 0 spiro atoms. The van der Waals surface area contributed by atoms with Crippen LogP contribution < -0.4 is 0 Å². The molecule has 2 aromatic rings. The molecule has 0 aromatic heterocycles. The summed E-state index contributed by atoms with van der Waals surface area (Å²) in [6.07, 6.45) is 0. The van der Waals surface area contributed by atoms with Crippen molar-refractivity contribution in [3.63, 3.8) is 0 Å². The van der Waals surface area contributed by atoms with Gasteiger partial charge in [0, 0.05) is 4.47 Å². The minimum absolute atomic E-state index is 0.0904. The van der Waals surface area contributed by atoms with Gasteiger partial charge in [-0.1, -0.05) is 51.8 Å². The van der Waals surface area contributed by atoms with E-state index in [1.807, 2.05) is 12.1 Å². The summed E-state index contributed by atoms with van der Waals surface area (Å²) in [5, 5.41) is -0.0904. The van der Waals surface area contributed by atoms with Gasteiger partial charge in [0.1, 0.15) is 0 Å². The zero-order valence-electron chi connectivity index (χ0n) is 9.87. The minimum Gasteiger partial charge on any atom is -0.113 e. The molecular formula is C15H14BrCl. The van der Waals surface area contributed by atoms with Crippen LogP contribution in [0.3, 0.4) is 0 Å². The van der Waals surface area contributed by atoms with Crippen molar-refractivity contribution >= 4 is 27.5 Å². The van der Waals surface area contributed by atoms with E-state index in [1.54, 1.807) is 0 Å². The standard InChI is InChI=1S/C15H14BrCl/c1-10-6-7-11(2)14(8-10)15(17)12-4-3-5-13(16)9-12/h3-9,15H,1-2H3. The Morgan fingerprint density at radius 1 is 1.06 bits per heavy atom. The lowest BCUT2D eigenvalue weighted by atomic mass is 9.98. The van der Waals surface area contributed by atoms with E-state index >= 15 is 0 Å². The maximum atomic E-state index is 6.56. The smallest absolute Gasteiger partial charge is 0.0838 e. The fourth-order valence-electron chi connectivity index (χ4n) is 1.88. The molecule has 88 valence electrons. The molecule has 0 amide bonds. The van der Waals surface area contributed by atoms with Crippen LogP contribution in [0, 0.1) is 13.8 Å². The summed E-state index contributed by atoms with van der Waals surface area (Å²) in [6, 6.07) is 14.6. The monoisotopic (exact) mass is 308 g/mol. The van der Waals surface area contributed by atoms with E-state index in [-0.39, 0.29) is 5.38 Å². The summed E-state index contributed by atoms with van der Waals surface area (Å²) in [7, 11) is 0. The van der Waals surface area contributed by atoms with Gasteiger partial charge in [0.05, 0.1) is 5.38 Å². The average Bonchev–Trinajstić information content (AvgIpc) is 2.31. The number of aryl methyl sites for hydroxylation is 2. The van der Waals surface area contributed by atoms with Crippen LogP contribution in [0.1, 0.15) is 27.6 Å². The van der Waals surface area contributed by atoms with Crippen LogP contribution >= 0.6 is 27.5 Å². The molecule has 0 radical (unpaired) electrons. The predicted molar refractivity (Wildman–Crippen MR) is 77.8 cm³/mol. The summed E-state index contributed by atoms with van der Waals surface area (Å²) in [4.78, 5) is 0. The molecule has 0 N–H and O–H groups in total. The molecule has 1 unspecified atom stereocenters. The summed E-state index contributed by atoms with van der Waals surface area (Å²) >= 11 is 10.0. The molecule has 0 aliphatic heterocycles. The molecule has 1 atom stereocenters. The van der Waals surface area contributed by atoms with Crippen molar-refractivity contribution in [2.45, 2.75) is 19.2 Å². The zero-order chi connectivity index (χ0) is 12.4. The maximum Gasteiger partial charge on any atom is 0.0838 e. The molecule has 0 aliphatic carbocycles. The Labute approximate surface area is 116 Å². The molecule has 0 aliphatic rings. The van der Waals surface area contributed by atoms with Crippen molar-refractivity contribution in [2.75, 3.05) is 0 Å². The maximum absolute atomic E-state index is 6.56. The van der Waals surface area contributed by atoms with Crippen molar-refractivity contribution in [3.05, 3.63) is 69.2 Å². The van der Waals surface area contributed by atoms with Gasteiger partial charge in [0.2, 0.25) is 0 Å². The van der Waals surface area contributed by atoms with Gasteiger partial charge in [-0.3, -0.25) is 0 Å². The van der Waals surface area contributed by atoms with Crippen LogP contribution in [0.4, 0.5) is 0 Å². The highest BCUT2D eigenvalue weighted by molar-refractivity contribution is 9.10. The van der Waals surface area contributed by atoms with Crippen molar-refractivity contribution in [1.82, 2.24) is 0 Å². The third-order valence-corrected chi connectivity index (χ3v) is 3.83. The SMILES string of the molecule is Cc1ccc(C)c(C(Cl)c2cccc(Br)c2)c1. The predicted octanol–water partition coefficient (Wildman–Crippen LogP) is 5.39. The Morgan fingerprint density at radius 3 is 2.53 bits per heavy atom. The second-order valence-electron chi connectivity index (χ2n) is 4.28.